The fraction of sp³-hybridized carbons (Fsp3) is 0.381. The van der Waals surface area contributed by atoms with Gasteiger partial charge in [0.2, 0.25) is 6.79 Å². The van der Waals surface area contributed by atoms with E-state index in [2.05, 4.69) is 20.4 Å². The average Bonchev–Trinajstić information content (AvgIpc) is 3.19. The maximum absolute atomic E-state index is 12.5. The van der Waals surface area contributed by atoms with Crippen molar-refractivity contribution in [2.45, 2.75) is 33.5 Å². The lowest BCUT2D eigenvalue weighted by atomic mass is 10.2. The summed E-state index contributed by atoms with van der Waals surface area (Å²) in [6.45, 7) is 3.00. The number of guanidine groups is 1. The third-order valence-electron chi connectivity index (χ3n) is 4.18. The molecular formula is C21H25F2N3O4. The van der Waals surface area contributed by atoms with Gasteiger partial charge < -0.3 is 29.6 Å². The van der Waals surface area contributed by atoms with Crippen molar-refractivity contribution in [2.75, 3.05) is 19.9 Å². The average molecular weight is 421 g/mol. The van der Waals surface area contributed by atoms with E-state index >= 15 is 0 Å². The van der Waals surface area contributed by atoms with Crippen LogP contribution in [-0.2, 0) is 13.1 Å². The van der Waals surface area contributed by atoms with Crippen LogP contribution in [0, 0.1) is 0 Å². The molecule has 0 atom stereocenters. The first-order valence-electron chi connectivity index (χ1n) is 9.70. The Morgan fingerprint density at radius 3 is 2.60 bits per heavy atom. The van der Waals surface area contributed by atoms with Gasteiger partial charge in [-0.1, -0.05) is 12.1 Å². The lowest BCUT2D eigenvalue weighted by molar-refractivity contribution is -0.0514. The maximum Gasteiger partial charge on any atom is 0.387 e. The number of aliphatic imine (C=N–C) groups is 1. The molecular weight excluding hydrogens is 396 g/mol. The molecule has 0 unspecified atom stereocenters. The third kappa shape index (κ3) is 5.88. The first-order valence-corrected chi connectivity index (χ1v) is 9.70. The number of halogens is 2. The molecule has 0 amide bonds. The Labute approximate surface area is 174 Å². The molecule has 1 aliphatic heterocycles. The number of ether oxygens (including phenoxy) is 4. The van der Waals surface area contributed by atoms with Gasteiger partial charge >= 0.3 is 6.61 Å². The molecule has 2 aromatic rings. The van der Waals surface area contributed by atoms with Crippen molar-refractivity contribution in [2.24, 2.45) is 4.99 Å². The summed E-state index contributed by atoms with van der Waals surface area (Å²) in [7, 11) is 0. The van der Waals surface area contributed by atoms with Crippen molar-refractivity contribution in [3.63, 3.8) is 0 Å². The van der Waals surface area contributed by atoms with Gasteiger partial charge in [-0.25, -0.2) is 4.99 Å². The topological polar surface area (TPSA) is 73.3 Å². The van der Waals surface area contributed by atoms with Gasteiger partial charge in [0.25, 0.3) is 0 Å². The van der Waals surface area contributed by atoms with Crippen molar-refractivity contribution in [3.05, 3.63) is 47.5 Å². The predicted molar refractivity (Wildman–Crippen MR) is 108 cm³/mol. The van der Waals surface area contributed by atoms with Crippen molar-refractivity contribution in [1.29, 1.82) is 0 Å². The molecule has 0 bridgehead atoms. The Bertz CT molecular complexity index is 877. The standard InChI is InChI=1S/C21H25F2N3O4/c1-3-24-21(25-11-14-5-7-16-18(9-14)29-13-28-16)26-12-15-6-8-17(30-20(22)23)19(10-15)27-4-2/h5-10,20H,3-4,11-13H2,1-2H3,(H2,24,25,26). The number of hydrogen-bond acceptors (Lipinski definition) is 5. The monoisotopic (exact) mass is 421 g/mol. The van der Waals surface area contributed by atoms with Crippen LogP contribution in [0.1, 0.15) is 25.0 Å². The number of nitrogens with one attached hydrogen (secondary N) is 2. The normalized spacial score (nSPS) is 12.8. The van der Waals surface area contributed by atoms with Crippen LogP contribution >= 0.6 is 0 Å². The largest absolute Gasteiger partial charge is 0.490 e. The number of nitrogens with zero attached hydrogens (tertiary/aromatic N) is 1. The fourth-order valence-electron chi connectivity index (χ4n) is 2.86. The van der Waals surface area contributed by atoms with E-state index in [9.17, 15) is 8.78 Å². The molecule has 30 heavy (non-hydrogen) atoms. The molecule has 9 heteroatoms. The van der Waals surface area contributed by atoms with Gasteiger partial charge in [0.15, 0.2) is 29.0 Å². The SMILES string of the molecule is CCNC(=NCc1ccc(OC(F)F)c(OCC)c1)NCc1ccc2c(c1)OCO2. The summed E-state index contributed by atoms with van der Waals surface area (Å²) in [5, 5.41) is 6.44. The van der Waals surface area contributed by atoms with E-state index in [-0.39, 0.29) is 18.3 Å². The predicted octanol–water partition coefficient (Wildman–Crippen LogP) is 3.67. The number of benzene rings is 2. The zero-order valence-corrected chi connectivity index (χ0v) is 16.9. The smallest absolute Gasteiger partial charge is 0.387 e. The minimum absolute atomic E-state index is 0.00687. The lowest BCUT2D eigenvalue weighted by Gasteiger charge is -2.13. The van der Waals surface area contributed by atoms with Crippen molar-refractivity contribution in [1.82, 2.24) is 10.6 Å². The van der Waals surface area contributed by atoms with Crippen LogP contribution in [0.4, 0.5) is 8.78 Å². The number of rotatable bonds is 9. The quantitative estimate of drug-likeness (QED) is 0.476. The molecule has 0 fully saturated rings. The molecule has 0 saturated carbocycles. The fourth-order valence-corrected chi connectivity index (χ4v) is 2.86. The molecule has 2 N–H and O–H groups in total. The Morgan fingerprint density at radius 2 is 1.83 bits per heavy atom. The summed E-state index contributed by atoms with van der Waals surface area (Å²) in [4.78, 5) is 4.56. The zero-order chi connectivity index (χ0) is 21.3. The van der Waals surface area contributed by atoms with Crippen LogP contribution in [0.2, 0.25) is 0 Å². The third-order valence-corrected chi connectivity index (χ3v) is 4.18. The summed E-state index contributed by atoms with van der Waals surface area (Å²) < 4.78 is 45.7. The molecule has 0 aromatic heterocycles. The van der Waals surface area contributed by atoms with Gasteiger partial charge in [-0.15, -0.1) is 0 Å². The molecule has 0 aliphatic carbocycles. The van der Waals surface area contributed by atoms with E-state index in [1.165, 1.54) is 6.07 Å². The van der Waals surface area contributed by atoms with E-state index < -0.39 is 6.61 Å². The summed E-state index contributed by atoms with van der Waals surface area (Å²) in [5.74, 6) is 2.37. The Hall–Kier alpha value is -3.23. The minimum atomic E-state index is -2.91. The molecule has 1 heterocycles. The highest BCUT2D eigenvalue weighted by atomic mass is 19.3. The van der Waals surface area contributed by atoms with Crippen LogP contribution in [0.15, 0.2) is 41.4 Å². The summed E-state index contributed by atoms with van der Waals surface area (Å²) in [5.41, 5.74) is 1.83. The van der Waals surface area contributed by atoms with Crippen molar-refractivity contribution >= 4 is 5.96 Å². The molecule has 2 aromatic carbocycles. The zero-order valence-electron chi connectivity index (χ0n) is 16.9. The molecule has 1 aliphatic rings. The van der Waals surface area contributed by atoms with Crippen LogP contribution in [0.3, 0.4) is 0 Å². The van der Waals surface area contributed by atoms with E-state index in [0.29, 0.717) is 32.2 Å². The highest BCUT2D eigenvalue weighted by Gasteiger charge is 2.14. The van der Waals surface area contributed by atoms with E-state index in [0.717, 1.165) is 22.6 Å². The molecule has 0 saturated heterocycles. The lowest BCUT2D eigenvalue weighted by Crippen LogP contribution is -2.36. The first-order chi connectivity index (χ1) is 14.6. The number of alkyl halides is 2. The molecule has 3 rings (SSSR count). The van der Waals surface area contributed by atoms with E-state index in [1.807, 2.05) is 25.1 Å². The van der Waals surface area contributed by atoms with Gasteiger partial charge in [-0.3, -0.25) is 0 Å². The van der Waals surface area contributed by atoms with Crippen LogP contribution in [0.5, 0.6) is 23.0 Å². The van der Waals surface area contributed by atoms with Crippen LogP contribution in [-0.4, -0.2) is 32.5 Å². The number of hydrogen-bond donors (Lipinski definition) is 2. The second-order valence-electron chi connectivity index (χ2n) is 6.33. The Kier molecular flexibility index (Phi) is 7.53. The van der Waals surface area contributed by atoms with Gasteiger partial charge in [-0.2, -0.15) is 8.78 Å². The maximum atomic E-state index is 12.5. The highest BCUT2D eigenvalue weighted by molar-refractivity contribution is 5.79. The first kappa shape index (κ1) is 21.5. The minimum Gasteiger partial charge on any atom is -0.490 e. The van der Waals surface area contributed by atoms with E-state index in [4.69, 9.17) is 14.2 Å². The van der Waals surface area contributed by atoms with E-state index in [1.54, 1.807) is 19.1 Å². The van der Waals surface area contributed by atoms with Crippen molar-refractivity contribution < 1.29 is 27.7 Å². The second-order valence-corrected chi connectivity index (χ2v) is 6.33. The van der Waals surface area contributed by atoms with Gasteiger partial charge in [0.1, 0.15) is 0 Å². The summed E-state index contributed by atoms with van der Waals surface area (Å²) in [6.07, 6.45) is 0. The van der Waals surface area contributed by atoms with Crippen molar-refractivity contribution in [3.8, 4) is 23.0 Å². The molecule has 162 valence electrons. The molecule has 7 nitrogen and oxygen atoms in total. The highest BCUT2D eigenvalue weighted by Crippen LogP contribution is 2.32. The summed E-state index contributed by atoms with van der Waals surface area (Å²) >= 11 is 0. The van der Waals surface area contributed by atoms with Gasteiger partial charge in [0, 0.05) is 13.1 Å². The molecule has 0 radical (unpaired) electrons. The van der Waals surface area contributed by atoms with Crippen LogP contribution in [0.25, 0.3) is 0 Å². The summed E-state index contributed by atoms with van der Waals surface area (Å²) in [6, 6.07) is 10.6. The Balaban J connectivity index is 1.65. The van der Waals surface area contributed by atoms with Crippen LogP contribution < -0.4 is 29.6 Å². The second kappa shape index (κ2) is 10.5. The van der Waals surface area contributed by atoms with Gasteiger partial charge in [-0.05, 0) is 49.2 Å². The number of fused-ring (bicyclic) bond motifs is 1. The Morgan fingerprint density at radius 1 is 1.03 bits per heavy atom. The van der Waals surface area contributed by atoms with Gasteiger partial charge in [0.05, 0.1) is 13.2 Å². The molecule has 0 spiro atoms.